The van der Waals surface area contributed by atoms with Crippen LogP contribution >= 0.6 is 38.5 Å². The Kier molecular flexibility index (Phi) is 2.78. The van der Waals surface area contributed by atoms with E-state index in [1.54, 1.807) is 0 Å². The third-order valence-corrected chi connectivity index (χ3v) is 3.34. The molecule has 0 bridgehead atoms. The molecule has 72 valence electrons. The van der Waals surface area contributed by atoms with E-state index in [9.17, 15) is 0 Å². The minimum Gasteiger partial charge on any atom is -0.380 e. The third kappa shape index (κ3) is 1.78. The lowest BCUT2D eigenvalue weighted by Gasteiger charge is -1.96. The Balaban J connectivity index is 2.49. The maximum absolute atomic E-state index is 5.59. The Bertz CT molecular complexity index is 452. The average Bonchev–Trinajstić information content (AvgIpc) is 2.50. The Morgan fingerprint density at radius 1 is 1.29 bits per heavy atom. The van der Waals surface area contributed by atoms with E-state index in [0.29, 0.717) is 5.82 Å². The number of rotatable bonds is 1. The zero-order chi connectivity index (χ0) is 10.1. The summed E-state index contributed by atoms with van der Waals surface area (Å²) in [6, 6.07) is 7.80. The first-order chi connectivity index (χ1) is 6.68. The third-order valence-electron chi connectivity index (χ3n) is 1.77. The van der Waals surface area contributed by atoms with Crippen molar-refractivity contribution in [2.45, 2.75) is 0 Å². The summed E-state index contributed by atoms with van der Waals surface area (Å²) >= 11 is 5.49. The van der Waals surface area contributed by atoms with E-state index in [1.165, 1.54) is 0 Å². The fourth-order valence-corrected chi connectivity index (χ4v) is 1.84. The molecule has 0 atom stereocenters. The van der Waals surface area contributed by atoms with Crippen molar-refractivity contribution in [1.29, 1.82) is 0 Å². The van der Waals surface area contributed by atoms with Gasteiger partial charge in [-0.25, -0.2) is 0 Å². The van der Waals surface area contributed by atoms with E-state index in [2.05, 4.69) is 43.7 Å². The van der Waals surface area contributed by atoms with Crippen LogP contribution in [0.3, 0.4) is 0 Å². The van der Waals surface area contributed by atoms with Crippen molar-refractivity contribution in [3.63, 3.8) is 0 Å². The standard InChI is InChI=1S/C9H6BrIN2O/c10-6-3-1-5(2-4-6)8-7(11)9(12)13-14-8/h1-4H,(H2,12,13). The largest absolute Gasteiger partial charge is 0.380 e. The van der Waals surface area contributed by atoms with Crippen molar-refractivity contribution in [3.05, 3.63) is 32.3 Å². The van der Waals surface area contributed by atoms with Crippen molar-refractivity contribution >= 4 is 44.3 Å². The van der Waals surface area contributed by atoms with Gasteiger partial charge in [0.05, 0.1) is 0 Å². The van der Waals surface area contributed by atoms with E-state index < -0.39 is 0 Å². The van der Waals surface area contributed by atoms with Gasteiger partial charge in [-0.2, -0.15) is 0 Å². The molecule has 3 nitrogen and oxygen atoms in total. The van der Waals surface area contributed by atoms with Crippen molar-refractivity contribution in [2.75, 3.05) is 5.73 Å². The second-order valence-electron chi connectivity index (χ2n) is 2.72. The molecule has 2 N–H and O–H groups in total. The Morgan fingerprint density at radius 3 is 2.43 bits per heavy atom. The number of nitrogen functional groups attached to an aromatic ring is 1. The zero-order valence-corrected chi connectivity index (χ0v) is 10.7. The van der Waals surface area contributed by atoms with Crippen molar-refractivity contribution in [1.82, 2.24) is 5.16 Å². The molecule has 0 radical (unpaired) electrons. The monoisotopic (exact) mass is 364 g/mol. The maximum Gasteiger partial charge on any atom is 0.182 e. The first kappa shape index (κ1) is 9.97. The minimum absolute atomic E-state index is 0.434. The molecule has 0 unspecified atom stereocenters. The van der Waals surface area contributed by atoms with Crippen LogP contribution in [-0.4, -0.2) is 5.16 Å². The second-order valence-corrected chi connectivity index (χ2v) is 4.71. The fourth-order valence-electron chi connectivity index (χ4n) is 1.07. The Hall–Kier alpha value is -0.560. The molecule has 0 saturated heterocycles. The quantitative estimate of drug-likeness (QED) is 0.790. The number of hydrogen-bond donors (Lipinski definition) is 1. The molecule has 0 saturated carbocycles. The van der Waals surface area contributed by atoms with Crippen LogP contribution in [0.4, 0.5) is 5.82 Å². The number of nitrogens with two attached hydrogens (primary N) is 1. The molecule has 0 amide bonds. The van der Waals surface area contributed by atoms with Crippen LogP contribution < -0.4 is 5.73 Å². The van der Waals surface area contributed by atoms with Crippen LogP contribution in [0, 0.1) is 3.57 Å². The topological polar surface area (TPSA) is 52.0 Å². The lowest BCUT2D eigenvalue weighted by atomic mass is 10.2. The van der Waals surface area contributed by atoms with Crippen molar-refractivity contribution in [2.24, 2.45) is 0 Å². The first-order valence-electron chi connectivity index (χ1n) is 3.85. The first-order valence-corrected chi connectivity index (χ1v) is 5.72. The van der Waals surface area contributed by atoms with Crippen LogP contribution in [-0.2, 0) is 0 Å². The van der Waals surface area contributed by atoms with Crippen LogP contribution in [0.2, 0.25) is 0 Å². The number of halogens is 2. The van der Waals surface area contributed by atoms with Crippen LogP contribution in [0.5, 0.6) is 0 Å². The van der Waals surface area contributed by atoms with Crippen LogP contribution in [0.1, 0.15) is 0 Å². The van der Waals surface area contributed by atoms with Gasteiger partial charge in [-0.15, -0.1) is 0 Å². The molecule has 0 spiro atoms. The Labute approximate surface area is 103 Å². The molecule has 0 aliphatic rings. The fraction of sp³-hybridized carbons (Fsp3) is 0. The van der Waals surface area contributed by atoms with Crippen LogP contribution in [0.15, 0.2) is 33.3 Å². The molecule has 2 rings (SSSR count). The number of aromatic nitrogens is 1. The van der Waals surface area contributed by atoms with Gasteiger partial charge in [-0.1, -0.05) is 21.1 Å². The normalized spacial score (nSPS) is 10.4. The summed E-state index contributed by atoms with van der Waals surface area (Å²) in [5, 5.41) is 3.70. The summed E-state index contributed by atoms with van der Waals surface area (Å²) in [6.45, 7) is 0. The molecular formula is C9H6BrIN2O. The smallest absolute Gasteiger partial charge is 0.182 e. The van der Waals surface area contributed by atoms with E-state index >= 15 is 0 Å². The number of hydrogen-bond acceptors (Lipinski definition) is 3. The summed E-state index contributed by atoms with van der Waals surface area (Å²) in [5.41, 5.74) is 6.56. The molecule has 1 aromatic heterocycles. The minimum atomic E-state index is 0.434. The molecule has 5 heteroatoms. The van der Waals surface area contributed by atoms with Gasteiger partial charge in [-0.3, -0.25) is 0 Å². The van der Waals surface area contributed by atoms with E-state index in [4.69, 9.17) is 10.3 Å². The summed E-state index contributed by atoms with van der Waals surface area (Å²) in [5.74, 6) is 1.15. The summed E-state index contributed by atoms with van der Waals surface area (Å²) in [7, 11) is 0. The highest BCUT2D eigenvalue weighted by molar-refractivity contribution is 14.1. The molecule has 0 aliphatic carbocycles. The van der Waals surface area contributed by atoms with Crippen molar-refractivity contribution < 1.29 is 4.52 Å². The lowest BCUT2D eigenvalue weighted by Crippen LogP contribution is -1.86. The van der Waals surface area contributed by atoms with E-state index in [1.807, 2.05) is 24.3 Å². The highest BCUT2D eigenvalue weighted by Crippen LogP contribution is 2.29. The lowest BCUT2D eigenvalue weighted by molar-refractivity contribution is 0.435. The van der Waals surface area contributed by atoms with Gasteiger partial charge < -0.3 is 10.3 Å². The van der Waals surface area contributed by atoms with Gasteiger partial charge in [-0.05, 0) is 46.9 Å². The number of anilines is 1. The SMILES string of the molecule is Nc1noc(-c2ccc(Br)cc2)c1I. The van der Waals surface area contributed by atoms with Crippen LogP contribution in [0.25, 0.3) is 11.3 Å². The van der Waals surface area contributed by atoms with E-state index in [-0.39, 0.29) is 0 Å². The molecule has 14 heavy (non-hydrogen) atoms. The zero-order valence-electron chi connectivity index (χ0n) is 7.00. The highest BCUT2D eigenvalue weighted by atomic mass is 127. The molecule has 1 heterocycles. The number of nitrogens with zero attached hydrogens (tertiary/aromatic N) is 1. The second kappa shape index (κ2) is 3.90. The van der Waals surface area contributed by atoms with Gasteiger partial charge in [0.1, 0.15) is 3.57 Å². The molecule has 0 aliphatic heterocycles. The maximum atomic E-state index is 5.59. The van der Waals surface area contributed by atoms with Gasteiger partial charge in [0.15, 0.2) is 11.6 Å². The highest BCUT2D eigenvalue weighted by Gasteiger charge is 2.12. The van der Waals surface area contributed by atoms with Gasteiger partial charge in [0.25, 0.3) is 0 Å². The average molecular weight is 365 g/mol. The summed E-state index contributed by atoms with van der Waals surface area (Å²) in [6.07, 6.45) is 0. The Morgan fingerprint density at radius 2 is 1.93 bits per heavy atom. The molecule has 0 fully saturated rings. The van der Waals surface area contributed by atoms with Gasteiger partial charge in [0, 0.05) is 10.0 Å². The van der Waals surface area contributed by atoms with Gasteiger partial charge >= 0.3 is 0 Å². The molecule has 1 aromatic carbocycles. The predicted molar refractivity (Wildman–Crippen MR) is 66.8 cm³/mol. The predicted octanol–water partition coefficient (Wildman–Crippen LogP) is 3.29. The van der Waals surface area contributed by atoms with Crippen molar-refractivity contribution in [3.8, 4) is 11.3 Å². The van der Waals surface area contributed by atoms with E-state index in [0.717, 1.165) is 19.4 Å². The molecular weight excluding hydrogens is 359 g/mol. The van der Waals surface area contributed by atoms with Gasteiger partial charge in [0.2, 0.25) is 0 Å². The molecule has 2 aromatic rings. The summed E-state index contributed by atoms with van der Waals surface area (Å²) < 4.78 is 7.01. The summed E-state index contributed by atoms with van der Waals surface area (Å²) in [4.78, 5) is 0. The number of benzene rings is 1.